The standard InChI is InChI=1S/C16H19N3OS/c1-5-13-17-15(19(4)9-12-7-6-8-20-12)14-10(2)11(3)21-16(14)18-13/h6-8H,5,9H2,1-4H3. The molecule has 0 radical (unpaired) electrons. The molecular weight excluding hydrogens is 282 g/mol. The Morgan fingerprint density at radius 3 is 2.76 bits per heavy atom. The molecule has 0 spiro atoms. The molecule has 3 aromatic rings. The first-order valence-corrected chi connectivity index (χ1v) is 7.92. The predicted octanol–water partition coefficient (Wildman–Crippen LogP) is 4.10. The average Bonchev–Trinajstić information content (AvgIpc) is 3.07. The number of aryl methyl sites for hydroxylation is 3. The third kappa shape index (κ3) is 2.53. The Morgan fingerprint density at radius 1 is 1.29 bits per heavy atom. The molecule has 0 bridgehead atoms. The molecule has 3 rings (SSSR count). The van der Waals surface area contributed by atoms with E-state index in [0.717, 1.165) is 28.7 Å². The monoisotopic (exact) mass is 301 g/mol. The summed E-state index contributed by atoms with van der Waals surface area (Å²) < 4.78 is 5.45. The van der Waals surface area contributed by atoms with Crippen molar-refractivity contribution in [2.75, 3.05) is 11.9 Å². The number of fused-ring (bicyclic) bond motifs is 1. The lowest BCUT2D eigenvalue weighted by atomic mass is 10.2. The summed E-state index contributed by atoms with van der Waals surface area (Å²) >= 11 is 1.75. The maximum atomic E-state index is 5.45. The van der Waals surface area contributed by atoms with E-state index >= 15 is 0 Å². The third-order valence-corrected chi connectivity index (χ3v) is 4.81. The Hall–Kier alpha value is -1.88. The van der Waals surface area contributed by atoms with E-state index in [1.54, 1.807) is 17.6 Å². The van der Waals surface area contributed by atoms with E-state index in [4.69, 9.17) is 9.40 Å². The molecule has 0 atom stereocenters. The van der Waals surface area contributed by atoms with Gasteiger partial charge in [-0.2, -0.15) is 0 Å². The van der Waals surface area contributed by atoms with E-state index in [-0.39, 0.29) is 0 Å². The van der Waals surface area contributed by atoms with Crippen molar-refractivity contribution >= 4 is 27.4 Å². The molecule has 0 fully saturated rings. The minimum atomic E-state index is 0.705. The molecule has 5 heteroatoms. The summed E-state index contributed by atoms with van der Waals surface area (Å²) in [7, 11) is 2.05. The van der Waals surface area contributed by atoms with E-state index in [9.17, 15) is 0 Å². The zero-order valence-corrected chi connectivity index (χ0v) is 13.6. The summed E-state index contributed by atoms with van der Waals surface area (Å²) in [4.78, 5) is 14.0. The fourth-order valence-corrected chi connectivity index (χ4v) is 3.46. The number of thiophene rings is 1. The highest BCUT2D eigenvalue weighted by Gasteiger charge is 2.17. The molecule has 3 aromatic heterocycles. The fourth-order valence-electron chi connectivity index (χ4n) is 2.42. The molecule has 21 heavy (non-hydrogen) atoms. The maximum absolute atomic E-state index is 5.45. The third-order valence-electron chi connectivity index (χ3n) is 3.71. The molecule has 0 N–H and O–H groups in total. The van der Waals surface area contributed by atoms with Gasteiger partial charge in [0.05, 0.1) is 18.2 Å². The van der Waals surface area contributed by atoms with Crippen LogP contribution in [-0.4, -0.2) is 17.0 Å². The molecule has 0 aliphatic rings. The van der Waals surface area contributed by atoms with Crippen molar-refractivity contribution in [1.82, 2.24) is 9.97 Å². The van der Waals surface area contributed by atoms with E-state index in [0.29, 0.717) is 6.54 Å². The van der Waals surface area contributed by atoms with Crippen molar-refractivity contribution in [3.63, 3.8) is 0 Å². The van der Waals surface area contributed by atoms with Crippen LogP contribution >= 0.6 is 11.3 Å². The van der Waals surface area contributed by atoms with E-state index in [1.165, 1.54) is 15.8 Å². The van der Waals surface area contributed by atoms with Gasteiger partial charge in [-0.1, -0.05) is 6.92 Å². The van der Waals surface area contributed by atoms with E-state index in [1.807, 2.05) is 12.1 Å². The second kappa shape index (κ2) is 5.48. The van der Waals surface area contributed by atoms with Crippen LogP contribution in [0.2, 0.25) is 0 Å². The molecular formula is C16H19N3OS. The summed E-state index contributed by atoms with van der Waals surface area (Å²) in [5, 5.41) is 1.17. The highest BCUT2D eigenvalue weighted by Crippen LogP contribution is 2.35. The van der Waals surface area contributed by atoms with Gasteiger partial charge in [-0.05, 0) is 31.5 Å². The highest BCUT2D eigenvalue weighted by atomic mass is 32.1. The van der Waals surface area contributed by atoms with Gasteiger partial charge in [0.2, 0.25) is 0 Å². The van der Waals surface area contributed by atoms with Gasteiger partial charge >= 0.3 is 0 Å². The molecule has 0 saturated heterocycles. The number of hydrogen-bond donors (Lipinski definition) is 0. The van der Waals surface area contributed by atoms with Crippen LogP contribution in [0.3, 0.4) is 0 Å². The number of rotatable bonds is 4. The fraction of sp³-hybridized carbons (Fsp3) is 0.375. The SMILES string of the molecule is CCc1nc(N(C)Cc2ccco2)c2c(C)c(C)sc2n1. The van der Waals surface area contributed by atoms with Crippen molar-refractivity contribution < 1.29 is 4.42 Å². The smallest absolute Gasteiger partial charge is 0.141 e. The summed E-state index contributed by atoms with van der Waals surface area (Å²) in [6.45, 7) is 7.08. The Balaban J connectivity index is 2.10. The summed E-state index contributed by atoms with van der Waals surface area (Å²) in [6.07, 6.45) is 2.55. The van der Waals surface area contributed by atoms with Gasteiger partial charge in [0.25, 0.3) is 0 Å². The quantitative estimate of drug-likeness (QED) is 0.727. The lowest BCUT2D eigenvalue weighted by Crippen LogP contribution is -2.18. The molecule has 4 nitrogen and oxygen atoms in total. The van der Waals surface area contributed by atoms with Gasteiger partial charge in [-0.15, -0.1) is 11.3 Å². The van der Waals surface area contributed by atoms with Crippen molar-refractivity contribution in [1.29, 1.82) is 0 Å². The molecule has 3 heterocycles. The van der Waals surface area contributed by atoms with E-state index in [2.05, 4.69) is 37.7 Å². The first-order chi connectivity index (χ1) is 10.1. The van der Waals surface area contributed by atoms with Crippen LogP contribution in [0.4, 0.5) is 5.82 Å². The number of furan rings is 1. The van der Waals surface area contributed by atoms with Gasteiger partial charge in [0.1, 0.15) is 22.2 Å². The number of aromatic nitrogens is 2. The lowest BCUT2D eigenvalue weighted by Gasteiger charge is -2.19. The van der Waals surface area contributed by atoms with Crippen LogP contribution in [-0.2, 0) is 13.0 Å². The molecule has 0 aromatic carbocycles. The number of anilines is 1. The largest absolute Gasteiger partial charge is 0.467 e. The van der Waals surface area contributed by atoms with Crippen molar-refractivity contribution in [3.05, 3.63) is 40.4 Å². The van der Waals surface area contributed by atoms with Crippen LogP contribution in [0.1, 0.15) is 28.9 Å². The minimum Gasteiger partial charge on any atom is -0.467 e. The summed E-state index contributed by atoms with van der Waals surface area (Å²) in [6, 6.07) is 3.90. The Morgan fingerprint density at radius 2 is 2.10 bits per heavy atom. The topological polar surface area (TPSA) is 42.2 Å². The van der Waals surface area contributed by atoms with Gasteiger partial charge in [-0.3, -0.25) is 0 Å². The second-order valence-electron chi connectivity index (χ2n) is 5.22. The zero-order valence-electron chi connectivity index (χ0n) is 12.8. The zero-order chi connectivity index (χ0) is 15.0. The van der Waals surface area contributed by atoms with Crippen LogP contribution in [0, 0.1) is 13.8 Å². The molecule has 0 aliphatic heterocycles. The summed E-state index contributed by atoms with van der Waals surface area (Å²) in [5.41, 5.74) is 1.28. The molecule has 0 amide bonds. The minimum absolute atomic E-state index is 0.705. The maximum Gasteiger partial charge on any atom is 0.141 e. The van der Waals surface area contributed by atoms with Gasteiger partial charge < -0.3 is 9.32 Å². The van der Waals surface area contributed by atoms with Crippen molar-refractivity contribution in [2.24, 2.45) is 0 Å². The van der Waals surface area contributed by atoms with Gasteiger partial charge in [0.15, 0.2) is 0 Å². The molecule has 0 aliphatic carbocycles. The Labute approximate surface area is 128 Å². The van der Waals surface area contributed by atoms with Crippen LogP contribution in [0.5, 0.6) is 0 Å². The number of hydrogen-bond acceptors (Lipinski definition) is 5. The van der Waals surface area contributed by atoms with Crippen molar-refractivity contribution in [2.45, 2.75) is 33.7 Å². The first-order valence-electron chi connectivity index (χ1n) is 7.10. The summed E-state index contributed by atoms with van der Waals surface area (Å²) in [5.74, 6) is 2.83. The lowest BCUT2D eigenvalue weighted by molar-refractivity contribution is 0.507. The second-order valence-corrected chi connectivity index (χ2v) is 6.42. The first kappa shape index (κ1) is 14.1. The molecule has 110 valence electrons. The van der Waals surface area contributed by atoms with Gasteiger partial charge in [0, 0.05) is 18.3 Å². The average molecular weight is 301 g/mol. The Kier molecular flexibility index (Phi) is 3.68. The molecule has 0 saturated carbocycles. The Bertz CT molecular complexity index is 762. The molecule has 0 unspecified atom stereocenters. The van der Waals surface area contributed by atoms with Gasteiger partial charge in [-0.25, -0.2) is 9.97 Å². The van der Waals surface area contributed by atoms with Crippen LogP contribution in [0.25, 0.3) is 10.2 Å². The normalized spacial score (nSPS) is 11.2. The van der Waals surface area contributed by atoms with Crippen LogP contribution in [0.15, 0.2) is 22.8 Å². The van der Waals surface area contributed by atoms with Crippen LogP contribution < -0.4 is 4.90 Å². The number of nitrogens with zero attached hydrogens (tertiary/aromatic N) is 3. The predicted molar refractivity (Wildman–Crippen MR) is 87.1 cm³/mol. The highest BCUT2D eigenvalue weighted by molar-refractivity contribution is 7.18. The van der Waals surface area contributed by atoms with E-state index < -0.39 is 0 Å². The van der Waals surface area contributed by atoms with Crippen molar-refractivity contribution in [3.8, 4) is 0 Å².